The summed E-state index contributed by atoms with van der Waals surface area (Å²) in [6, 6.07) is 23.1. The summed E-state index contributed by atoms with van der Waals surface area (Å²) in [7, 11) is 0. The van der Waals surface area contributed by atoms with Gasteiger partial charge in [0.05, 0.1) is 5.75 Å². The number of carbonyl (C=O) groups excluding carboxylic acids is 1. The number of anilines is 1. The van der Waals surface area contributed by atoms with Crippen molar-refractivity contribution in [3.63, 3.8) is 0 Å². The van der Waals surface area contributed by atoms with E-state index in [4.69, 9.17) is 0 Å². The SMILES string of the molecule is Cc1ccc(Cn2cc(SCC(=O)Nc3ccc(C)cc3C)c3ccccc32)cc1. The van der Waals surface area contributed by atoms with Crippen LogP contribution in [0.2, 0.25) is 0 Å². The van der Waals surface area contributed by atoms with E-state index in [1.54, 1.807) is 11.8 Å². The van der Waals surface area contributed by atoms with Crippen LogP contribution in [0.25, 0.3) is 10.9 Å². The molecule has 152 valence electrons. The number of hydrogen-bond donors (Lipinski definition) is 1. The number of para-hydroxylation sites is 1. The first-order valence-corrected chi connectivity index (χ1v) is 11.1. The van der Waals surface area contributed by atoms with E-state index in [1.807, 2.05) is 19.1 Å². The zero-order valence-corrected chi connectivity index (χ0v) is 18.4. The van der Waals surface area contributed by atoms with Crippen molar-refractivity contribution >= 4 is 34.3 Å². The maximum Gasteiger partial charge on any atom is 0.234 e. The van der Waals surface area contributed by atoms with Gasteiger partial charge >= 0.3 is 0 Å². The molecule has 0 radical (unpaired) electrons. The van der Waals surface area contributed by atoms with Crippen molar-refractivity contribution in [2.45, 2.75) is 32.2 Å². The number of hydrogen-bond acceptors (Lipinski definition) is 2. The molecule has 1 N–H and O–H groups in total. The second-order valence-electron chi connectivity index (χ2n) is 7.78. The largest absolute Gasteiger partial charge is 0.342 e. The van der Waals surface area contributed by atoms with Crippen molar-refractivity contribution in [2.75, 3.05) is 11.1 Å². The van der Waals surface area contributed by atoms with E-state index in [9.17, 15) is 4.79 Å². The lowest BCUT2D eigenvalue weighted by Crippen LogP contribution is -2.14. The highest BCUT2D eigenvalue weighted by molar-refractivity contribution is 8.00. The van der Waals surface area contributed by atoms with Crippen LogP contribution in [0.4, 0.5) is 5.69 Å². The Balaban J connectivity index is 1.50. The Labute approximate surface area is 182 Å². The third kappa shape index (κ3) is 4.60. The van der Waals surface area contributed by atoms with Crippen molar-refractivity contribution in [3.8, 4) is 0 Å². The molecule has 1 heterocycles. The third-order valence-corrected chi connectivity index (χ3v) is 6.28. The van der Waals surface area contributed by atoms with Crippen LogP contribution >= 0.6 is 11.8 Å². The molecule has 4 rings (SSSR count). The van der Waals surface area contributed by atoms with Crippen molar-refractivity contribution < 1.29 is 4.79 Å². The summed E-state index contributed by atoms with van der Waals surface area (Å²) in [5.41, 5.74) is 6.89. The summed E-state index contributed by atoms with van der Waals surface area (Å²) in [5, 5.41) is 4.23. The number of fused-ring (bicyclic) bond motifs is 1. The highest BCUT2D eigenvalue weighted by atomic mass is 32.2. The first kappa shape index (κ1) is 20.3. The number of nitrogens with zero attached hydrogens (tertiary/aromatic N) is 1. The normalized spacial score (nSPS) is 11.0. The van der Waals surface area contributed by atoms with Gasteiger partial charge in [-0.3, -0.25) is 4.79 Å². The number of rotatable bonds is 6. The van der Waals surface area contributed by atoms with E-state index < -0.39 is 0 Å². The molecule has 0 saturated heterocycles. The van der Waals surface area contributed by atoms with E-state index in [-0.39, 0.29) is 5.91 Å². The summed E-state index contributed by atoms with van der Waals surface area (Å²) in [6.07, 6.45) is 2.17. The van der Waals surface area contributed by atoms with E-state index in [2.05, 4.69) is 84.5 Å². The van der Waals surface area contributed by atoms with Crippen LogP contribution in [0.3, 0.4) is 0 Å². The Kier molecular flexibility index (Phi) is 5.96. The first-order valence-electron chi connectivity index (χ1n) is 10.1. The minimum Gasteiger partial charge on any atom is -0.342 e. The summed E-state index contributed by atoms with van der Waals surface area (Å²) < 4.78 is 2.27. The maximum absolute atomic E-state index is 12.5. The molecule has 1 aromatic heterocycles. The summed E-state index contributed by atoms with van der Waals surface area (Å²) >= 11 is 1.59. The average molecular weight is 415 g/mol. The molecule has 4 heteroatoms. The molecule has 0 fully saturated rings. The average Bonchev–Trinajstić information content (AvgIpc) is 3.08. The van der Waals surface area contributed by atoms with Gasteiger partial charge in [0.1, 0.15) is 0 Å². The van der Waals surface area contributed by atoms with Crippen molar-refractivity contribution in [3.05, 3.63) is 95.2 Å². The van der Waals surface area contributed by atoms with Crippen LogP contribution < -0.4 is 5.32 Å². The van der Waals surface area contributed by atoms with Crippen LogP contribution in [0.5, 0.6) is 0 Å². The molecule has 0 aliphatic heterocycles. The van der Waals surface area contributed by atoms with E-state index in [0.717, 1.165) is 22.7 Å². The Bertz CT molecular complexity index is 1190. The molecule has 0 aliphatic carbocycles. The lowest BCUT2D eigenvalue weighted by atomic mass is 10.1. The molecule has 0 spiro atoms. The standard InChI is InChI=1S/C26H26N2OS/c1-18-8-11-21(12-9-18)15-28-16-25(22-6-4-5-7-24(22)28)30-17-26(29)27-23-13-10-19(2)14-20(23)3/h4-14,16H,15,17H2,1-3H3,(H,27,29). The molecule has 3 aromatic carbocycles. The van der Waals surface area contributed by atoms with Crippen LogP contribution in [-0.2, 0) is 11.3 Å². The van der Waals surface area contributed by atoms with E-state index >= 15 is 0 Å². The van der Waals surface area contributed by atoms with Crippen molar-refractivity contribution in [2.24, 2.45) is 0 Å². The zero-order chi connectivity index (χ0) is 21.1. The fraction of sp³-hybridized carbons (Fsp3) is 0.192. The van der Waals surface area contributed by atoms with Crippen LogP contribution in [0.15, 0.2) is 77.8 Å². The second kappa shape index (κ2) is 8.80. The summed E-state index contributed by atoms with van der Waals surface area (Å²) in [5.74, 6) is 0.397. The molecule has 0 saturated carbocycles. The molecule has 1 amide bonds. The summed E-state index contributed by atoms with van der Waals surface area (Å²) in [6.45, 7) is 7.00. The van der Waals surface area contributed by atoms with Gasteiger partial charge in [-0.15, -0.1) is 11.8 Å². The Morgan fingerprint density at radius 2 is 1.67 bits per heavy atom. The molecular formula is C26H26N2OS. The maximum atomic E-state index is 12.5. The molecule has 0 unspecified atom stereocenters. The van der Waals surface area contributed by atoms with Gasteiger partial charge in [0.2, 0.25) is 5.91 Å². The fourth-order valence-electron chi connectivity index (χ4n) is 3.63. The van der Waals surface area contributed by atoms with Gasteiger partial charge in [0.15, 0.2) is 0 Å². The van der Waals surface area contributed by atoms with Crippen molar-refractivity contribution in [1.82, 2.24) is 4.57 Å². The van der Waals surface area contributed by atoms with Crippen LogP contribution in [-0.4, -0.2) is 16.2 Å². The number of aromatic nitrogens is 1. The minimum atomic E-state index is 0.0160. The first-order chi connectivity index (χ1) is 14.5. The predicted octanol–water partition coefficient (Wildman–Crippen LogP) is 6.35. The van der Waals surface area contributed by atoms with Crippen LogP contribution in [0.1, 0.15) is 22.3 Å². The number of thioether (sulfide) groups is 1. The number of amides is 1. The van der Waals surface area contributed by atoms with Gasteiger partial charge in [0, 0.05) is 34.2 Å². The fourth-order valence-corrected chi connectivity index (χ4v) is 4.52. The number of aryl methyl sites for hydroxylation is 3. The number of benzene rings is 3. The van der Waals surface area contributed by atoms with Gasteiger partial charge < -0.3 is 9.88 Å². The van der Waals surface area contributed by atoms with Gasteiger partial charge in [-0.25, -0.2) is 0 Å². The lowest BCUT2D eigenvalue weighted by molar-refractivity contribution is -0.113. The van der Waals surface area contributed by atoms with E-state index in [1.165, 1.54) is 27.6 Å². The highest BCUT2D eigenvalue weighted by Crippen LogP contribution is 2.31. The number of carbonyl (C=O) groups is 1. The molecule has 0 atom stereocenters. The summed E-state index contributed by atoms with van der Waals surface area (Å²) in [4.78, 5) is 13.7. The molecule has 4 aromatic rings. The number of nitrogens with one attached hydrogen (secondary N) is 1. The van der Waals surface area contributed by atoms with Gasteiger partial charge in [-0.1, -0.05) is 65.7 Å². The zero-order valence-electron chi connectivity index (χ0n) is 17.6. The predicted molar refractivity (Wildman–Crippen MR) is 127 cm³/mol. The molecule has 3 nitrogen and oxygen atoms in total. The topological polar surface area (TPSA) is 34.0 Å². The molecule has 30 heavy (non-hydrogen) atoms. The van der Waals surface area contributed by atoms with Gasteiger partial charge in [-0.05, 0) is 44.0 Å². The van der Waals surface area contributed by atoms with E-state index in [0.29, 0.717) is 5.75 Å². The quantitative estimate of drug-likeness (QED) is 0.373. The lowest BCUT2D eigenvalue weighted by Gasteiger charge is -2.08. The smallest absolute Gasteiger partial charge is 0.234 e. The Morgan fingerprint density at radius 3 is 2.43 bits per heavy atom. The van der Waals surface area contributed by atoms with Crippen LogP contribution in [0, 0.1) is 20.8 Å². The van der Waals surface area contributed by atoms with Crippen molar-refractivity contribution in [1.29, 1.82) is 0 Å². The Hall–Kier alpha value is -2.98. The molecule has 0 aliphatic rings. The Morgan fingerprint density at radius 1 is 0.933 bits per heavy atom. The van der Waals surface area contributed by atoms with Gasteiger partial charge in [-0.2, -0.15) is 0 Å². The molecular weight excluding hydrogens is 388 g/mol. The highest BCUT2D eigenvalue weighted by Gasteiger charge is 2.12. The van der Waals surface area contributed by atoms with Gasteiger partial charge in [0.25, 0.3) is 0 Å². The third-order valence-electron chi connectivity index (χ3n) is 5.24. The monoisotopic (exact) mass is 414 g/mol. The molecule has 0 bridgehead atoms. The minimum absolute atomic E-state index is 0.0160. The second-order valence-corrected chi connectivity index (χ2v) is 8.80.